The number of hydrogen-bond acceptors (Lipinski definition) is 3. The van der Waals surface area contributed by atoms with E-state index in [2.05, 4.69) is 6.92 Å². The lowest BCUT2D eigenvalue weighted by Crippen LogP contribution is -2.43. The van der Waals surface area contributed by atoms with E-state index in [1.54, 1.807) is 4.57 Å². The summed E-state index contributed by atoms with van der Waals surface area (Å²) in [6, 6.07) is 7.16. The quantitative estimate of drug-likeness (QED) is 0.671. The average molecular weight is 372 g/mol. The molecule has 1 amide bonds. The molecule has 0 saturated heterocycles. The Morgan fingerprint density at radius 2 is 1.85 bits per heavy atom. The van der Waals surface area contributed by atoms with Gasteiger partial charge in [-0.2, -0.15) is 0 Å². The van der Waals surface area contributed by atoms with Crippen LogP contribution in [0.2, 0.25) is 0 Å². The lowest BCUT2D eigenvalue weighted by atomic mass is 9.93. The van der Waals surface area contributed by atoms with Gasteiger partial charge in [-0.25, -0.2) is 4.98 Å². The summed E-state index contributed by atoms with van der Waals surface area (Å²) in [4.78, 5) is 32.8. The van der Waals surface area contributed by atoms with Crippen LogP contribution in [0.5, 0.6) is 0 Å². The normalized spacial score (nSPS) is 13.0. The molecule has 1 aromatic heterocycles. The summed E-state index contributed by atoms with van der Waals surface area (Å²) in [5.74, 6) is 0.756. The molecule has 0 bridgehead atoms. The van der Waals surface area contributed by atoms with Gasteiger partial charge in [0.05, 0.1) is 16.9 Å². The molecule has 2 aromatic rings. The van der Waals surface area contributed by atoms with Crippen molar-refractivity contribution in [3.8, 4) is 0 Å². The maximum absolute atomic E-state index is 13.1. The van der Waals surface area contributed by atoms with E-state index in [0.717, 1.165) is 19.3 Å². The second-order valence-electron chi connectivity index (χ2n) is 8.17. The summed E-state index contributed by atoms with van der Waals surface area (Å²) in [5, 5.41) is 0.620. The molecular formula is C22H33N3O2. The lowest BCUT2D eigenvalue weighted by molar-refractivity contribution is -0.142. The van der Waals surface area contributed by atoms with E-state index in [4.69, 9.17) is 4.98 Å². The van der Waals surface area contributed by atoms with Crippen molar-refractivity contribution in [3.05, 3.63) is 40.4 Å². The molecule has 0 spiro atoms. The van der Waals surface area contributed by atoms with Crippen LogP contribution in [-0.2, 0) is 11.3 Å². The van der Waals surface area contributed by atoms with Gasteiger partial charge >= 0.3 is 0 Å². The number of nitrogens with zero attached hydrogens (tertiary/aromatic N) is 3. The predicted molar refractivity (Wildman–Crippen MR) is 111 cm³/mol. The third-order valence-electron chi connectivity index (χ3n) is 4.95. The first kappa shape index (κ1) is 21.1. The molecule has 1 aromatic carbocycles. The van der Waals surface area contributed by atoms with E-state index in [1.807, 2.05) is 63.8 Å². The fourth-order valence-corrected chi connectivity index (χ4v) is 3.38. The van der Waals surface area contributed by atoms with E-state index in [9.17, 15) is 9.59 Å². The molecule has 0 fully saturated rings. The number of rotatable bonds is 7. The zero-order valence-corrected chi connectivity index (χ0v) is 17.6. The summed E-state index contributed by atoms with van der Waals surface area (Å²) in [6.45, 7) is 13.1. The van der Waals surface area contributed by atoms with Gasteiger partial charge in [0.25, 0.3) is 5.56 Å². The van der Waals surface area contributed by atoms with Crippen molar-refractivity contribution >= 4 is 16.8 Å². The molecule has 0 aliphatic carbocycles. The Bertz CT molecular complexity index is 849. The number of carbonyl (C=O) groups is 1. The Balaban J connectivity index is 2.54. The van der Waals surface area contributed by atoms with Crippen LogP contribution in [0.1, 0.15) is 72.7 Å². The topological polar surface area (TPSA) is 55.2 Å². The van der Waals surface area contributed by atoms with Gasteiger partial charge in [0.15, 0.2) is 0 Å². The summed E-state index contributed by atoms with van der Waals surface area (Å²) in [6.07, 6.45) is 3.12. The van der Waals surface area contributed by atoms with E-state index >= 15 is 0 Å². The highest BCUT2D eigenvalue weighted by molar-refractivity contribution is 5.82. The number of fused-ring (bicyclic) bond motifs is 1. The van der Waals surface area contributed by atoms with E-state index in [0.29, 0.717) is 29.8 Å². The largest absolute Gasteiger partial charge is 0.332 e. The number of amides is 1. The maximum Gasteiger partial charge on any atom is 0.261 e. The highest BCUT2D eigenvalue weighted by Crippen LogP contribution is 2.27. The van der Waals surface area contributed by atoms with Crippen molar-refractivity contribution < 1.29 is 4.79 Å². The Labute approximate surface area is 162 Å². The zero-order chi connectivity index (χ0) is 20.2. The summed E-state index contributed by atoms with van der Waals surface area (Å²) in [5.41, 5.74) is 0.168. The highest BCUT2D eigenvalue weighted by Gasteiger charge is 2.32. The molecular weight excluding hydrogens is 338 g/mol. The van der Waals surface area contributed by atoms with Crippen molar-refractivity contribution in [2.45, 2.75) is 73.4 Å². The van der Waals surface area contributed by atoms with Crippen molar-refractivity contribution in [1.29, 1.82) is 0 Å². The minimum atomic E-state index is -0.478. The molecule has 5 heteroatoms. The summed E-state index contributed by atoms with van der Waals surface area (Å²) < 4.78 is 1.70. The van der Waals surface area contributed by atoms with Crippen LogP contribution in [0.15, 0.2) is 29.1 Å². The molecule has 0 aliphatic rings. The second-order valence-corrected chi connectivity index (χ2v) is 8.17. The van der Waals surface area contributed by atoms with Gasteiger partial charge in [0.2, 0.25) is 5.91 Å². The molecule has 5 nitrogen and oxygen atoms in total. The smallest absolute Gasteiger partial charge is 0.261 e. The Morgan fingerprint density at radius 3 is 2.44 bits per heavy atom. The zero-order valence-electron chi connectivity index (χ0n) is 17.6. The molecule has 1 heterocycles. The Morgan fingerprint density at radius 1 is 1.19 bits per heavy atom. The minimum absolute atomic E-state index is 0.0401. The SMILES string of the molecule is CCCCCN(C(=O)C(C)(C)C)C(C)c1nc2ccccc2c(=O)n1CC. The lowest BCUT2D eigenvalue weighted by Gasteiger charge is -2.35. The molecule has 0 aliphatic heterocycles. The first-order valence-electron chi connectivity index (χ1n) is 10.0. The molecule has 0 N–H and O–H groups in total. The van der Waals surface area contributed by atoms with Gasteiger partial charge in [0, 0.05) is 18.5 Å². The standard InChI is InChI=1S/C22H33N3O2/c1-7-9-12-15-25(21(27)22(4,5)6)16(3)19-23-18-14-11-10-13-17(18)20(26)24(19)8-2/h10-11,13-14,16H,7-9,12,15H2,1-6H3. The van der Waals surface area contributed by atoms with E-state index in [1.165, 1.54) is 0 Å². The van der Waals surface area contributed by atoms with Crippen LogP contribution in [-0.4, -0.2) is 26.9 Å². The first-order chi connectivity index (χ1) is 12.7. The van der Waals surface area contributed by atoms with Crippen LogP contribution < -0.4 is 5.56 Å². The maximum atomic E-state index is 13.1. The number of unbranched alkanes of at least 4 members (excludes halogenated alkanes) is 2. The van der Waals surface area contributed by atoms with E-state index < -0.39 is 5.41 Å². The summed E-state index contributed by atoms with van der Waals surface area (Å²) in [7, 11) is 0. The molecule has 2 rings (SSSR count). The van der Waals surface area contributed by atoms with Crippen molar-refractivity contribution in [1.82, 2.24) is 14.5 Å². The van der Waals surface area contributed by atoms with Crippen LogP contribution in [0, 0.1) is 5.41 Å². The Kier molecular flexibility index (Phi) is 6.79. The van der Waals surface area contributed by atoms with Gasteiger partial charge in [-0.3, -0.25) is 14.2 Å². The molecule has 0 saturated carbocycles. The third-order valence-corrected chi connectivity index (χ3v) is 4.95. The van der Waals surface area contributed by atoms with E-state index in [-0.39, 0.29) is 17.5 Å². The van der Waals surface area contributed by atoms with Gasteiger partial charge < -0.3 is 4.90 Å². The van der Waals surface area contributed by atoms with Gasteiger partial charge in [-0.05, 0) is 32.4 Å². The summed E-state index contributed by atoms with van der Waals surface area (Å²) >= 11 is 0. The van der Waals surface area contributed by atoms with Crippen molar-refractivity contribution in [2.24, 2.45) is 5.41 Å². The molecule has 1 atom stereocenters. The fourth-order valence-electron chi connectivity index (χ4n) is 3.38. The monoisotopic (exact) mass is 371 g/mol. The van der Waals surface area contributed by atoms with Gasteiger partial charge in [-0.1, -0.05) is 52.7 Å². The minimum Gasteiger partial charge on any atom is -0.332 e. The van der Waals surface area contributed by atoms with Gasteiger partial charge in [0.1, 0.15) is 5.82 Å². The van der Waals surface area contributed by atoms with Crippen LogP contribution in [0.25, 0.3) is 10.9 Å². The Hall–Kier alpha value is -2.17. The predicted octanol–water partition coefficient (Wildman–Crippen LogP) is 4.54. The van der Waals surface area contributed by atoms with Crippen molar-refractivity contribution in [2.75, 3.05) is 6.54 Å². The number of aromatic nitrogens is 2. The molecule has 0 radical (unpaired) electrons. The molecule has 1 unspecified atom stereocenters. The number of benzene rings is 1. The van der Waals surface area contributed by atoms with Crippen molar-refractivity contribution in [3.63, 3.8) is 0 Å². The van der Waals surface area contributed by atoms with Gasteiger partial charge in [-0.15, -0.1) is 0 Å². The second kappa shape index (κ2) is 8.68. The van der Waals surface area contributed by atoms with Crippen LogP contribution in [0.4, 0.5) is 0 Å². The number of para-hydroxylation sites is 1. The van der Waals surface area contributed by atoms with Crippen LogP contribution in [0.3, 0.4) is 0 Å². The first-order valence-corrected chi connectivity index (χ1v) is 10.0. The average Bonchev–Trinajstić information content (AvgIpc) is 2.63. The van der Waals surface area contributed by atoms with Crippen LogP contribution >= 0.6 is 0 Å². The number of hydrogen-bond donors (Lipinski definition) is 0. The number of carbonyl (C=O) groups excluding carboxylic acids is 1. The molecule has 27 heavy (non-hydrogen) atoms. The molecule has 148 valence electrons. The fraction of sp³-hybridized carbons (Fsp3) is 0.591. The highest BCUT2D eigenvalue weighted by atomic mass is 16.2. The third kappa shape index (κ3) is 4.57.